The van der Waals surface area contributed by atoms with E-state index in [1.807, 2.05) is 20.8 Å². The van der Waals surface area contributed by atoms with E-state index in [4.69, 9.17) is 4.74 Å². The van der Waals surface area contributed by atoms with Gasteiger partial charge in [0.1, 0.15) is 11.4 Å². The molecule has 5 nitrogen and oxygen atoms in total. The van der Waals surface area contributed by atoms with Crippen molar-refractivity contribution in [1.29, 1.82) is 0 Å². The molecule has 2 aliphatic rings. The molecule has 1 heterocycles. The number of amidine groups is 1. The maximum Gasteiger partial charge on any atom is 0.410 e. The normalized spacial score (nSPS) is 27.6. The molecule has 0 radical (unpaired) electrons. The van der Waals surface area contributed by atoms with Crippen LogP contribution in [0.3, 0.4) is 0 Å². The zero-order valence-electron chi connectivity index (χ0n) is 11.7. The Labute approximate surface area is 109 Å². The highest BCUT2D eigenvalue weighted by atomic mass is 16.6. The lowest BCUT2D eigenvalue weighted by molar-refractivity contribution is 0.0276. The van der Waals surface area contributed by atoms with Crippen LogP contribution in [-0.2, 0) is 4.74 Å². The third kappa shape index (κ3) is 3.62. The summed E-state index contributed by atoms with van der Waals surface area (Å²) in [6.45, 7) is 9.70. The Morgan fingerprint density at radius 2 is 2.17 bits per heavy atom. The lowest BCUT2D eigenvalue weighted by Gasteiger charge is -2.30. The Kier molecular flexibility index (Phi) is 3.50. The van der Waals surface area contributed by atoms with Crippen molar-refractivity contribution in [2.45, 2.75) is 45.8 Å². The standard InChI is InChI=1S/C13H23N3O2/c1-9-7-10(9)15-11-8-16(6-5-14-11)12(17)18-13(2,3)4/h9-10H,5-8H2,1-4H3,(H,14,15). The monoisotopic (exact) mass is 253 g/mol. The van der Waals surface area contributed by atoms with E-state index in [1.165, 1.54) is 6.42 Å². The summed E-state index contributed by atoms with van der Waals surface area (Å²) in [5.74, 6) is 1.64. The summed E-state index contributed by atoms with van der Waals surface area (Å²) in [5.41, 5.74) is -0.440. The van der Waals surface area contributed by atoms with Gasteiger partial charge in [0.2, 0.25) is 0 Å². The van der Waals surface area contributed by atoms with Gasteiger partial charge in [-0.25, -0.2) is 4.79 Å². The Balaban J connectivity index is 1.85. The minimum atomic E-state index is -0.440. The van der Waals surface area contributed by atoms with Gasteiger partial charge in [0, 0.05) is 12.6 Å². The van der Waals surface area contributed by atoms with E-state index in [9.17, 15) is 4.79 Å². The number of hydrogen-bond donors (Lipinski definition) is 1. The first-order valence-corrected chi connectivity index (χ1v) is 6.63. The zero-order valence-corrected chi connectivity index (χ0v) is 11.7. The molecule has 1 saturated carbocycles. The molecular formula is C13H23N3O2. The van der Waals surface area contributed by atoms with E-state index >= 15 is 0 Å². The molecule has 1 fully saturated rings. The third-order valence-electron chi connectivity index (χ3n) is 3.13. The van der Waals surface area contributed by atoms with Gasteiger partial charge in [-0.3, -0.25) is 9.89 Å². The van der Waals surface area contributed by atoms with Gasteiger partial charge in [0.05, 0.1) is 13.1 Å². The fourth-order valence-corrected chi connectivity index (χ4v) is 1.93. The Morgan fingerprint density at radius 3 is 2.72 bits per heavy atom. The molecule has 0 aromatic heterocycles. The van der Waals surface area contributed by atoms with Gasteiger partial charge in [-0.2, -0.15) is 0 Å². The van der Waals surface area contributed by atoms with Crippen molar-refractivity contribution < 1.29 is 9.53 Å². The first-order chi connectivity index (χ1) is 8.35. The molecule has 2 rings (SSSR count). The Bertz CT molecular complexity index is 360. The highest BCUT2D eigenvalue weighted by molar-refractivity contribution is 5.88. The van der Waals surface area contributed by atoms with E-state index in [-0.39, 0.29) is 6.09 Å². The fourth-order valence-electron chi connectivity index (χ4n) is 1.93. The van der Waals surface area contributed by atoms with Gasteiger partial charge >= 0.3 is 6.09 Å². The van der Waals surface area contributed by atoms with Crippen molar-refractivity contribution in [1.82, 2.24) is 10.2 Å². The molecule has 1 N–H and O–H groups in total. The molecule has 0 aromatic carbocycles. The number of ether oxygens (including phenoxy) is 1. The van der Waals surface area contributed by atoms with E-state index in [2.05, 4.69) is 17.2 Å². The Hall–Kier alpha value is -1.26. The molecule has 1 amide bonds. The molecule has 2 atom stereocenters. The maximum absolute atomic E-state index is 11.9. The quantitative estimate of drug-likeness (QED) is 0.773. The van der Waals surface area contributed by atoms with Crippen LogP contribution in [0, 0.1) is 5.92 Å². The second-order valence-corrected chi connectivity index (χ2v) is 6.19. The van der Waals surface area contributed by atoms with E-state index in [0.29, 0.717) is 25.7 Å². The van der Waals surface area contributed by atoms with Gasteiger partial charge in [-0.15, -0.1) is 0 Å². The average molecular weight is 253 g/mol. The lowest BCUT2D eigenvalue weighted by Crippen LogP contribution is -2.47. The average Bonchev–Trinajstić information content (AvgIpc) is 2.92. The molecule has 18 heavy (non-hydrogen) atoms. The van der Waals surface area contributed by atoms with Crippen LogP contribution in [0.5, 0.6) is 0 Å². The van der Waals surface area contributed by atoms with Crippen molar-refractivity contribution >= 4 is 11.9 Å². The minimum Gasteiger partial charge on any atom is -0.444 e. The van der Waals surface area contributed by atoms with Crippen LogP contribution in [0.2, 0.25) is 0 Å². The highest BCUT2D eigenvalue weighted by Crippen LogP contribution is 2.29. The van der Waals surface area contributed by atoms with Gasteiger partial charge in [-0.05, 0) is 33.1 Å². The molecule has 0 bridgehead atoms. The van der Waals surface area contributed by atoms with Gasteiger partial charge in [-0.1, -0.05) is 6.92 Å². The predicted octanol–water partition coefficient (Wildman–Crippen LogP) is 1.63. The summed E-state index contributed by atoms with van der Waals surface area (Å²) in [6.07, 6.45) is 0.950. The smallest absolute Gasteiger partial charge is 0.410 e. The van der Waals surface area contributed by atoms with Crippen molar-refractivity contribution in [2.24, 2.45) is 10.9 Å². The van der Waals surface area contributed by atoms with Crippen LogP contribution in [0.25, 0.3) is 0 Å². The predicted molar refractivity (Wildman–Crippen MR) is 70.8 cm³/mol. The van der Waals surface area contributed by atoms with Crippen molar-refractivity contribution in [3.63, 3.8) is 0 Å². The zero-order chi connectivity index (χ0) is 13.3. The molecule has 0 aromatic rings. The molecular weight excluding hydrogens is 230 g/mol. The highest BCUT2D eigenvalue weighted by Gasteiger charge is 2.34. The summed E-state index contributed by atoms with van der Waals surface area (Å²) >= 11 is 0. The molecule has 1 aliphatic heterocycles. The van der Waals surface area contributed by atoms with Gasteiger partial charge in [0.15, 0.2) is 0 Å². The van der Waals surface area contributed by atoms with E-state index < -0.39 is 5.60 Å². The number of hydrogen-bond acceptors (Lipinski definition) is 4. The number of nitrogens with zero attached hydrogens (tertiary/aromatic N) is 2. The van der Waals surface area contributed by atoms with E-state index in [1.54, 1.807) is 4.90 Å². The molecule has 0 saturated heterocycles. The maximum atomic E-state index is 11.9. The summed E-state index contributed by atoms with van der Waals surface area (Å²) in [5, 5.41) is 3.39. The number of amides is 1. The number of nitrogens with one attached hydrogen (secondary N) is 1. The van der Waals surface area contributed by atoms with Gasteiger partial charge in [0.25, 0.3) is 0 Å². The van der Waals surface area contributed by atoms with Crippen LogP contribution in [0.1, 0.15) is 34.1 Å². The van der Waals surface area contributed by atoms with Crippen LogP contribution < -0.4 is 5.32 Å². The summed E-state index contributed by atoms with van der Waals surface area (Å²) in [7, 11) is 0. The summed E-state index contributed by atoms with van der Waals surface area (Å²) in [4.78, 5) is 18.1. The lowest BCUT2D eigenvalue weighted by atomic mass is 10.2. The molecule has 0 spiro atoms. The number of carbonyl (C=O) groups is 1. The summed E-state index contributed by atoms with van der Waals surface area (Å²) < 4.78 is 5.37. The first kappa shape index (κ1) is 13.2. The van der Waals surface area contributed by atoms with Crippen molar-refractivity contribution in [2.75, 3.05) is 19.6 Å². The molecule has 5 heteroatoms. The number of rotatable bonds is 1. The van der Waals surface area contributed by atoms with Crippen molar-refractivity contribution in [3.05, 3.63) is 0 Å². The second kappa shape index (κ2) is 4.78. The second-order valence-electron chi connectivity index (χ2n) is 6.19. The largest absolute Gasteiger partial charge is 0.444 e. The molecule has 1 aliphatic carbocycles. The minimum absolute atomic E-state index is 0.249. The van der Waals surface area contributed by atoms with E-state index in [0.717, 1.165) is 11.8 Å². The SMILES string of the molecule is CC1CC1NC1=NCCN(C(=O)OC(C)(C)C)C1. The van der Waals surface area contributed by atoms with Gasteiger partial charge < -0.3 is 10.1 Å². The number of carbonyl (C=O) groups excluding carboxylic acids is 1. The first-order valence-electron chi connectivity index (χ1n) is 6.63. The summed E-state index contributed by atoms with van der Waals surface area (Å²) in [6, 6.07) is 0.544. The fraction of sp³-hybridized carbons (Fsp3) is 0.846. The van der Waals surface area contributed by atoms with Crippen LogP contribution >= 0.6 is 0 Å². The van der Waals surface area contributed by atoms with Crippen LogP contribution in [-0.4, -0.2) is 48.1 Å². The number of aliphatic imine (C=N–C) groups is 1. The molecule has 102 valence electrons. The van der Waals surface area contributed by atoms with Crippen LogP contribution in [0.4, 0.5) is 4.79 Å². The Morgan fingerprint density at radius 1 is 1.50 bits per heavy atom. The van der Waals surface area contributed by atoms with Crippen molar-refractivity contribution in [3.8, 4) is 0 Å². The molecule has 2 unspecified atom stereocenters. The topological polar surface area (TPSA) is 53.9 Å². The third-order valence-corrected chi connectivity index (χ3v) is 3.13. The van der Waals surface area contributed by atoms with Crippen LogP contribution in [0.15, 0.2) is 4.99 Å².